The molecule has 0 N–H and O–H groups in total. The highest BCUT2D eigenvalue weighted by atomic mass is 32.1. The van der Waals surface area contributed by atoms with Gasteiger partial charge in [0.05, 0.1) is 0 Å². The van der Waals surface area contributed by atoms with E-state index in [4.69, 9.17) is 0 Å². The second-order valence-corrected chi connectivity index (χ2v) is 11.9. The third-order valence-corrected chi connectivity index (χ3v) is 9.77. The second-order valence-electron chi connectivity index (χ2n) is 10.8. The number of benzene rings is 8. The molecule has 1 heteroatoms. The van der Waals surface area contributed by atoms with Gasteiger partial charge in [0, 0.05) is 20.2 Å². The van der Waals surface area contributed by atoms with Gasteiger partial charge in [-0.15, -0.1) is 11.3 Å². The third-order valence-electron chi connectivity index (χ3n) is 8.63. The Kier molecular flexibility index (Phi) is 4.87. The molecule has 0 radical (unpaired) electrons. The minimum Gasteiger partial charge on any atom is -0.135 e. The van der Waals surface area contributed by atoms with Gasteiger partial charge in [-0.1, -0.05) is 121 Å². The first-order valence-corrected chi connectivity index (χ1v) is 14.9. The van der Waals surface area contributed by atoms with E-state index < -0.39 is 0 Å². The summed E-state index contributed by atoms with van der Waals surface area (Å²) < 4.78 is 2.67. The summed E-state index contributed by atoms with van der Waals surface area (Å²) in [6.45, 7) is 0. The van der Waals surface area contributed by atoms with Crippen LogP contribution >= 0.6 is 11.3 Å². The van der Waals surface area contributed by atoms with E-state index in [-0.39, 0.29) is 0 Å². The van der Waals surface area contributed by atoms with Gasteiger partial charge in [-0.05, 0) is 89.6 Å². The molecule has 0 nitrogen and oxygen atoms in total. The Morgan fingerprint density at radius 3 is 1.56 bits per heavy atom. The van der Waals surface area contributed by atoms with Crippen LogP contribution in [0.3, 0.4) is 0 Å². The van der Waals surface area contributed by atoms with Crippen LogP contribution in [-0.2, 0) is 0 Å². The van der Waals surface area contributed by atoms with Gasteiger partial charge in [0.2, 0.25) is 0 Å². The lowest BCUT2D eigenvalue weighted by molar-refractivity contribution is 1.70. The van der Waals surface area contributed by atoms with Crippen LogP contribution in [0.25, 0.3) is 85.5 Å². The quantitative estimate of drug-likeness (QED) is 0.193. The Morgan fingerprint density at radius 1 is 0.293 bits per heavy atom. The molecule has 9 rings (SSSR count). The molecule has 0 fully saturated rings. The molecule has 0 bridgehead atoms. The molecule has 0 aliphatic heterocycles. The van der Waals surface area contributed by atoms with Crippen molar-refractivity contribution in [3.05, 3.63) is 146 Å². The molecular weight excluding hydrogens is 513 g/mol. The highest BCUT2D eigenvalue weighted by molar-refractivity contribution is 7.25. The van der Waals surface area contributed by atoms with Crippen molar-refractivity contribution in [2.45, 2.75) is 0 Å². The van der Waals surface area contributed by atoms with Crippen molar-refractivity contribution in [3.8, 4) is 22.3 Å². The van der Waals surface area contributed by atoms with Crippen LogP contribution in [0.2, 0.25) is 0 Å². The summed E-state index contributed by atoms with van der Waals surface area (Å²) in [5.41, 5.74) is 5.16. The number of hydrogen-bond acceptors (Lipinski definition) is 1. The van der Waals surface area contributed by atoms with Gasteiger partial charge in [0.15, 0.2) is 0 Å². The van der Waals surface area contributed by atoms with Crippen LogP contribution in [0.5, 0.6) is 0 Å². The van der Waals surface area contributed by atoms with Crippen molar-refractivity contribution >= 4 is 74.6 Å². The van der Waals surface area contributed by atoms with Crippen LogP contribution < -0.4 is 0 Å². The lowest BCUT2D eigenvalue weighted by Crippen LogP contribution is -1.90. The van der Waals surface area contributed by atoms with Gasteiger partial charge in [-0.25, -0.2) is 0 Å². The van der Waals surface area contributed by atoms with E-state index in [9.17, 15) is 0 Å². The Hall–Kier alpha value is -4.98. The Balaban J connectivity index is 1.45. The number of rotatable bonds is 2. The van der Waals surface area contributed by atoms with E-state index in [2.05, 4.69) is 146 Å². The fourth-order valence-electron chi connectivity index (χ4n) is 6.89. The van der Waals surface area contributed by atoms with Crippen molar-refractivity contribution in [2.75, 3.05) is 0 Å². The molecule has 41 heavy (non-hydrogen) atoms. The maximum Gasteiger partial charge on any atom is 0.0361 e. The lowest BCUT2D eigenvalue weighted by atomic mass is 9.86. The number of hydrogen-bond donors (Lipinski definition) is 0. The standard InChI is InChI=1S/C40H24S/c1-2-13-27-25(11-1)12-9-19-28(27)35-23-26-24-36(33-20-10-22-38-40(33)34-18-7-8-21-37(34)41-38)30-15-4-6-17-32(30)39(26)31-16-5-3-14-29(31)35/h1-24H. The lowest BCUT2D eigenvalue weighted by Gasteiger charge is -2.17. The first-order valence-electron chi connectivity index (χ1n) is 14.1. The molecule has 9 aromatic rings. The third kappa shape index (κ3) is 3.33. The molecule has 0 aliphatic rings. The van der Waals surface area contributed by atoms with Gasteiger partial charge in [-0.2, -0.15) is 0 Å². The molecule has 0 atom stereocenters. The molecule has 0 aliphatic carbocycles. The fraction of sp³-hybridized carbons (Fsp3) is 0. The average molecular weight is 537 g/mol. The summed E-state index contributed by atoms with van der Waals surface area (Å²) in [4.78, 5) is 0. The van der Waals surface area contributed by atoms with Gasteiger partial charge in [0.1, 0.15) is 0 Å². The highest BCUT2D eigenvalue weighted by Gasteiger charge is 2.17. The van der Waals surface area contributed by atoms with Gasteiger partial charge >= 0.3 is 0 Å². The van der Waals surface area contributed by atoms with E-state index in [1.54, 1.807) is 0 Å². The maximum atomic E-state index is 2.44. The van der Waals surface area contributed by atoms with Crippen molar-refractivity contribution < 1.29 is 0 Å². The molecular formula is C40H24S. The molecule has 8 aromatic carbocycles. The summed E-state index contributed by atoms with van der Waals surface area (Å²) in [6.07, 6.45) is 0. The van der Waals surface area contributed by atoms with Crippen LogP contribution in [0.15, 0.2) is 146 Å². The Morgan fingerprint density at radius 2 is 0.805 bits per heavy atom. The van der Waals surface area contributed by atoms with E-state index in [1.807, 2.05) is 11.3 Å². The van der Waals surface area contributed by atoms with E-state index in [0.29, 0.717) is 0 Å². The zero-order chi connectivity index (χ0) is 26.9. The average Bonchev–Trinajstić information content (AvgIpc) is 3.43. The summed E-state index contributed by atoms with van der Waals surface area (Å²) in [7, 11) is 0. The molecule has 0 saturated carbocycles. The van der Waals surface area contributed by atoms with Crippen molar-refractivity contribution in [1.29, 1.82) is 0 Å². The first kappa shape index (κ1) is 22.8. The summed E-state index contributed by atoms with van der Waals surface area (Å²) in [5, 5.41) is 13.0. The van der Waals surface area contributed by atoms with Crippen molar-refractivity contribution in [1.82, 2.24) is 0 Å². The summed E-state index contributed by atoms with van der Waals surface area (Å²) >= 11 is 1.88. The monoisotopic (exact) mass is 536 g/mol. The van der Waals surface area contributed by atoms with Gasteiger partial charge in [0.25, 0.3) is 0 Å². The zero-order valence-electron chi connectivity index (χ0n) is 22.3. The largest absolute Gasteiger partial charge is 0.135 e. The normalized spacial score (nSPS) is 11.9. The second kappa shape index (κ2) is 8.76. The predicted molar refractivity (Wildman–Crippen MR) is 180 cm³/mol. The van der Waals surface area contributed by atoms with Crippen LogP contribution in [0, 0.1) is 0 Å². The first-order chi connectivity index (χ1) is 20.3. The molecule has 1 heterocycles. The fourth-order valence-corrected chi connectivity index (χ4v) is 8.02. The highest BCUT2D eigenvalue weighted by Crippen LogP contribution is 2.46. The Bertz CT molecular complexity index is 2470. The molecule has 190 valence electrons. The topological polar surface area (TPSA) is 0 Å². The van der Waals surface area contributed by atoms with Gasteiger partial charge in [-0.3, -0.25) is 0 Å². The molecule has 0 unspecified atom stereocenters. The smallest absolute Gasteiger partial charge is 0.0361 e. The predicted octanol–water partition coefficient (Wildman–Crippen LogP) is 12.0. The summed E-state index contributed by atoms with van der Waals surface area (Å²) in [6, 6.07) is 53.7. The van der Waals surface area contributed by atoms with E-state index in [1.165, 1.54) is 85.5 Å². The molecule has 1 aromatic heterocycles. The zero-order valence-corrected chi connectivity index (χ0v) is 23.1. The molecule has 0 spiro atoms. The van der Waals surface area contributed by atoms with Crippen LogP contribution in [0.1, 0.15) is 0 Å². The van der Waals surface area contributed by atoms with Crippen molar-refractivity contribution in [3.63, 3.8) is 0 Å². The van der Waals surface area contributed by atoms with E-state index in [0.717, 1.165) is 0 Å². The maximum absolute atomic E-state index is 2.44. The summed E-state index contributed by atoms with van der Waals surface area (Å²) in [5.74, 6) is 0. The molecule has 0 amide bonds. The Labute approximate surface area is 241 Å². The van der Waals surface area contributed by atoms with Gasteiger partial charge < -0.3 is 0 Å². The number of fused-ring (bicyclic) bond motifs is 9. The van der Waals surface area contributed by atoms with E-state index >= 15 is 0 Å². The van der Waals surface area contributed by atoms with Crippen molar-refractivity contribution in [2.24, 2.45) is 0 Å². The van der Waals surface area contributed by atoms with Crippen LogP contribution in [-0.4, -0.2) is 0 Å². The number of thiophene rings is 1. The SMILES string of the molecule is c1ccc2c(-c3cc4cc(-c5cccc6sc7ccccc7c56)c5ccccc5c4c4ccccc34)cccc2c1. The minimum absolute atomic E-state index is 1.27. The minimum atomic E-state index is 1.27. The molecule has 0 saturated heterocycles. The van der Waals surface area contributed by atoms with Crippen LogP contribution in [0.4, 0.5) is 0 Å².